The smallest absolute Gasteiger partial charge is 0.326 e. The number of carbonyl (C=O) groups excluding carboxylic acids is 1. The topological polar surface area (TPSA) is 114 Å². The quantitative estimate of drug-likeness (QED) is 0.744. The van der Waals surface area contributed by atoms with Crippen molar-refractivity contribution >= 4 is 11.9 Å². The van der Waals surface area contributed by atoms with E-state index < -0.39 is 17.9 Å². The molecule has 0 saturated carbocycles. The van der Waals surface area contributed by atoms with Crippen molar-refractivity contribution in [2.45, 2.75) is 12.5 Å². The number of ether oxygens (including phenoxy) is 2. The van der Waals surface area contributed by atoms with Crippen LogP contribution < -0.4 is 14.8 Å². The maximum absolute atomic E-state index is 12.3. The van der Waals surface area contributed by atoms with Crippen LogP contribution in [0.1, 0.15) is 16.1 Å². The summed E-state index contributed by atoms with van der Waals surface area (Å²) in [6, 6.07) is 3.68. The second-order valence-corrected chi connectivity index (χ2v) is 5.00. The molecule has 0 bridgehead atoms. The second kappa shape index (κ2) is 6.39. The minimum absolute atomic E-state index is 0.117. The number of carboxylic acid groups (broad SMARTS) is 1. The molecule has 0 saturated heterocycles. The van der Waals surface area contributed by atoms with Crippen LogP contribution in [0.3, 0.4) is 0 Å². The van der Waals surface area contributed by atoms with Gasteiger partial charge in [0.1, 0.15) is 19.3 Å². The lowest BCUT2D eigenvalue weighted by molar-refractivity contribution is -0.139. The van der Waals surface area contributed by atoms with Crippen molar-refractivity contribution in [3.63, 3.8) is 0 Å². The minimum Gasteiger partial charge on any atom is -0.486 e. The third-order valence-corrected chi connectivity index (χ3v) is 3.39. The Hall–Kier alpha value is -3.03. The molecule has 1 aliphatic rings. The number of aromatic amines is 1. The Morgan fingerprint density at radius 2 is 2.09 bits per heavy atom. The number of amides is 1. The summed E-state index contributed by atoms with van der Waals surface area (Å²) in [4.78, 5) is 30.3. The fourth-order valence-corrected chi connectivity index (χ4v) is 2.24. The van der Waals surface area contributed by atoms with Crippen molar-refractivity contribution in [1.29, 1.82) is 0 Å². The zero-order valence-corrected chi connectivity index (χ0v) is 12.1. The molecule has 3 rings (SSSR count). The van der Waals surface area contributed by atoms with Crippen molar-refractivity contribution in [3.05, 3.63) is 42.0 Å². The van der Waals surface area contributed by atoms with Crippen LogP contribution in [-0.2, 0) is 11.2 Å². The van der Waals surface area contributed by atoms with Gasteiger partial charge in [-0.05, 0) is 18.2 Å². The number of carboxylic acids is 1. The van der Waals surface area contributed by atoms with Gasteiger partial charge in [-0.15, -0.1) is 0 Å². The fraction of sp³-hybridized carbons (Fsp3) is 0.267. The highest BCUT2D eigenvalue weighted by Gasteiger charge is 2.23. The molecule has 0 radical (unpaired) electrons. The Morgan fingerprint density at radius 3 is 2.78 bits per heavy atom. The van der Waals surface area contributed by atoms with Gasteiger partial charge in [0.2, 0.25) is 0 Å². The highest BCUT2D eigenvalue weighted by atomic mass is 16.6. The number of carbonyl (C=O) groups is 2. The average molecular weight is 317 g/mol. The lowest BCUT2D eigenvalue weighted by Gasteiger charge is -2.19. The summed E-state index contributed by atoms with van der Waals surface area (Å²) in [6.45, 7) is 0.874. The van der Waals surface area contributed by atoms with Gasteiger partial charge >= 0.3 is 5.97 Å². The van der Waals surface area contributed by atoms with E-state index >= 15 is 0 Å². The summed E-state index contributed by atoms with van der Waals surface area (Å²) in [5.74, 6) is -0.566. The molecule has 2 aromatic rings. The number of aromatic nitrogens is 2. The van der Waals surface area contributed by atoms with Gasteiger partial charge in [-0.2, -0.15) is 0 Å². The van der Waals surface area contributed by atoms with Gasteiger partial charge in [-0.1, -0.05) is 0 Å². The number of H-pyrrole nitrogens is 1. The third-order valence-electron chi connectivity index (χ3n) is 3.39. The van der Waals surface area contributed by atoms with Crippen LogP contribution >= 0.6 is 0 Å². The number of aliphatic carboxylic acids is 1. The highest BCUT2D eigenvalue weighted by Crippen LogP contribution is 2.30. The van der Waals surface area contributed by atoms with Crippen LogP contribution in [0.25, 0.3) is 0 Å². The first-order valence-corrected chi connectivity index (χ1v) is 7.04. The van der Waals surface area contributed by atoms with Gasteiger partial charge in [-0.25, -0.2) is 9.78 Å². The summed E-state index contributed by atoms with van der Waals surface area (Å²) in [5.41, 5.74) is 0.935. The van der Waals surface area contributed by atoms with Crippen LogP contribution in [0.2, 0.25) is 0 Å². The number of hydrogen-bond donors (Lipinski definition) is 3. The molecule has 0 spiro atoms. The number of nitrogens with zero attached hydrogens (tertiary/aromatic N) is 1. The van der Waals surface area contributed by atoms with Crippen molar-refractivity contribution in [1.82, 2.24) is 15.3 Å². The molecule has 3 N–H and O–H groups in total. The number of imidazole rings is 1. The zero-order chi connectivity index (χ0) is 16.2. The zero-order valence-electron chi connectivity index (χ0n) is 12.1. The van der Waals surface area contributed by atoms with E-state index in [0.717, 1.165) is 0 Å². The average Bonchev–Trinajstić information content (AvgIpc) is 3.06. The number of rotatable bonds is 5. The first-order chi connectivity index (χ1) is 11.1. The largest absolute Gasteiger partial charge is 0.486 e. The lowest BCUT2D eigenvalue weighted by atomic mass is 10.1. The van der Waals surface area contributed by atoms with Gasteiger partial charge in [0.15, 0.2) is 11.5 Å². The van der Waals surface area contributed by atoms with E-state index in [9.17, 15) is 14.7 Å². The van der Waals surface area contributed by atoms with Crippen LogP contribution in [-0.4, -0.2) is 46.2 Å². The monoisotopic (exact) mass is 317 g/mol. The number of nitrogens with one attached hydrogen (secondary N) is 2. The van der Waals surface area contributed by atoms with Crippen molar-refractivity contribution in [2.75, 3.05) is 13.2 Å². The normalized spacial score (nSPS) is 14.1. The van der Waals surface area contributed by atoms with Crippen molar-refractivity contribution in [2.24, 2.45) is 0 Å². The maximum atomic E-state index is 12.3. The van der Waals surface area contributed by atoms with E-state index in [1.807, 2.05) is 0 Å². The van der Waals surface area contributed by atoms with Crippen molar-refractivity contribution in [3.8, 4) is 11.5 Å². The van der Waals surface area contributed by atoms with Crippen LogP contribution in [0.4, 0.5) is 0 Å². The third kappa shape index (κ3) is 3.42. The van der Waals surface area contributed by atoms with E-state index in [-0.39, 0.29) is 6.42 Å². The molecule has 2 heterocycles. The first-order valence-electron chi connectivity index (χ1n) is 7.04. The summed E-state index contributed by atoms with van der Waals surface area (Å²) in [5, 5.41) is 11.8. The standard InChI is InChI=1S/C15H15N3O5/c19-14(9-1-2-12-13(5-9)23-4-3-22-12)18-11(15(20)21)6-10-7-16-8-17-10/h1-2,5,7-8,11H,3-4,6H2,(H,16,17)(H,18,19)(H,20,21)/t11-/m0/s1. The molecule has 1 aromatic carbocycles. The molecule has 1 aliphatic heterocycles. The Labute approximate surface area is 131 Å². The molecular weight excluding hydrogens is 302 g/mol. The maximum Gasteiger partial charge on any atom is 0.326 e. The van der Waals surface area contributed by atoms with E-state index in [2.05, 4.69) is 15.3 Å². The molecule has 8 heteroatoms. The number of benzene rings is 1. The van der Waals surface area contributed by atoms with Crippen LogP contribution in [0.5, 0.6) is 11.5 Å². The summed E-state index contributed by atoms with van der Waals surface area (Å²) >= 11 is 0. The second-order valence-electron chi connectivity index (χ2n) is 5.00. The van der Waals surface area contributed by atoms with Gasteiger partial charge < -0.3 is 24.9 Å². The molecule has 23 heavy (non-hydrogen) atoms. The van der Waals surface area contributed by atoms with E-state index in [1.165, 1.54) is 12.5 Å². The van der Waals surface area contributed by atoms with Crippen LogP contribution in [0, 0.1) is 0 Å². The summed E-state index contributed by atoms with van der Waals surface area (Å²) in [6.07, 6.45) is 3.09. The Balaban J connectivity index is 1.72. The SMILES string of the molecule is O=C(N[C@@H](Cc1cnc[nH]1)C(=O)O)c1ccc2c(c1)OCCO2. The van der Waals surface area contributed by atoms with Gasteiger partial charge in [-0.3, -0.25) is 4.79 Å². The van der Waals surface area contributed by atoms with Gasteiger partial charge in [0.25, 0.3) is 5.91 Å². The molecule has 0 fully saturated rings. The molecule has 0 unspecified atom stereocenters. The Kier molecular flexibility index (Phi) is 4.13. The fourth-order valence-electron chi connectivity index (χ4n) is 2.24. The molecule has 1 atom stereocenters. The predicted molar refractivity (Wildman–Crippen MR) is 78.6 cm³/mol. The summed E-state index contributed by atoms with van der Waals surface area (Å²) < 4.78 is 10.8. The Morgan fingerprint density at radius 1 is 1.30 bits per heavy atom. The Bertz CT molecular complexity index is 714. The van der Waals surface area contributed by atoms with Gasteiger partial charge in [0, 0.05) is 23.9 Å². The lowest BCUT2D eigenvalue weighted by Crippen LogP contribution is -2.42. The van der Waals surface area contributed by atoms with E-state index in [4.69, 9.17) is 9.47 Å². The van der Waals surface area contributed by atoms with Crippen molar-refractivity contribution < 1.29 is 24.2 Å². The molecule has 1 amide bonds. The molecular formula is C15H15N3O5. The van der Waals surface area contributed by atoms with Gasteiger partial charge in [0.05, 0.1) is 6.33 Å². The summed E-state index contributed by atoms with van der Waals surface area (Å²) in [7, 11) is 0. The minimum atomic E-state index is -1.12. The first kappa shape index (κ1) is 14.9. The number of hydrogen-bond acceptors (Lipinski definition) is 5. The van der Waals surface area contributed by atoms with E-state index in [1.54, 1.807) is 18.2 Å². The highest BCUT2D eigenvalue weighted by molar-refractivity contribution is 5.97. The molecule has 0 aliphatic carbocycles. The molecule has 1 aromatic heterocycles. The molecule has 120 valence electrons. The predicted octanol–water partition coefficient (Wildman–Crippen LogP) is 0.607. The molecule has 8 nitrogen and oxygen atoms in total. The van der Waals surface area contributed by atoms with E-state index in [0.29, 0.717) is 36.0 Å². The van der Waals surface area contributed by atoms with Crippen LogP contribution in [0.15, 0.2) is 30.7 Å². The number of fused-ring (bicyclic) bond motifs is 1.